The number of benzene rings is 1. The van der Waals surface area contributed by atoms with Crippen molar-refractivity contribution in [1.29, 1.82) is 0 Å². The number of carbonyl (C=O) groups excluding carboxylic acids is 1. The highest BCUT2D eigenvalue weighted by Gasteiger charge is 2.16. The molecule has 0 aliphatic carbocycles. The maximum Gasteiger partial charge on any atom is 0.226 e. The summed E-state index contributed by atoms with van der Waals surface area (Å²) in [6.07, 6.45) is 1.09. The van der Waals surface area contributed by atoms with Gasteiger partial charge in [0.05, 0.1) is 6.42 Å². The minimum absolute atomic E-state index is 0. The Hall–Kier alpha value is -1.59. The Kier molecular flexibility index (Phi) is 6.65. The number of fused-ring (bicyclic) bond motifs is 1. The maximum absolute atomic E-state index is 12.1. The lowest BCUT2D eigenvalue weighted by Gasteiger charge is -2.18. The van der Waals surface area contributed by atoms with E-state index in [4.69, 9.17) is 10.3 Å². The second kappa shape index (κ2) is 8.00. The number of hydrogen-bond acceptors (Lipinski definition) is 4. The molecule has 1 amide bonds. The number of rotatable bonds is 6. The lowest BCUT2D eigenvalue weighted by atomic mass is 10.0. The smallest absolute Gasteiger partial charge is 0.226 e. The number of halogens is 1. The van der Waals surface area contributed by atoms with Gasteiger partial charge in [-0.15, -0.1) is 12.4 Å². The zero-order valence-electron chi connectivity index (χ0n) is 12.3. The van der Waals surface area contributed by atoms with E-state index < -0.39 is 0 Å². The number of amides is 1. The predicted molar refractivity (Wildman–Crippen MR) is 85.4 cm³/mol. The van der Waals surface area contributed by atoms with Crippen molar-refractivity contribution in [2.75, 3.05) is 6.54 Å². The summed E-state index contributed by atoms with van der Waals surface area (Å²) < 4.78 is 5.19. The van der Waals surface area contributed by atoms with Crippen LogP contribution in [0.2, 0.25) is 0 Å². The molecule has 0 fully saturated rings. The number of hydrogen-bond donors (Lipinski definition) is 2. The molecule has 1 unspecified atom stereocenters. The highest BCUT2D eigenvalue weighted by Crippen LogP contribution is 2.18. The van der Waals surface area contributed by atoms with Gasteiger partial charge >= 0.3 is 0 Å². The Labute approximate surface area is 130 Å². The number of nitrogens with two attached hydrogens (primary N) is 1. The van der Waals surface area contributed by atoms with Gasteiger partial charge < -0.3 is 15.6 Å². The first-order valence-corrected chi connectivity index (χ1v) is 6.93. The fourth-order valence-corrected chi connectivity index (χ4v) is 2.28. The molecule has 0 saturated heterocycles. The standard InChI is InChI=1S/C15H21N3O2.ClH/c1-10(2)7-11(9-16)17-15(19)8-13-12-5-3-4-6-14(12)20-18-13;/h3-6,10-11H,7-9,16H2,1-2H3,(H,17,19);1H. The summed E-state index contributed by atoms with van der Waals surface area (Å²) in [6, 6.07) is 7.54. The number of para-hydroxylation sites is 1. The summed E-state index contributed by atoms with van der Waals surface area (Å²) in [7, 11) is 0. The summed E-state index contributed by atoms with van der Waals surface area (Å²) in [5.74, 6) is 0.428. The lowest BCUT2D eigenvalue weighted by Crippen LogP contribution is -2.41. The van der Waals surface area contributed by atoms with E-state index in [0.29, 0.717) is 23.7 Å². The molecule has 1 heterocycles. The van der Waals surface area contributed by atoms with E-state index in [9.17, 15) is 4.79 Å². The van der Waals surface area contributed by atoms with Crippen LogP contribution in [-0.4, -0.2) is 23.7 Å². The molecule has 0 aliphatic rings. The molecule has 0 bridgehead atoms. The second-order valence-corrected chi connectivity index (χ2v) is 5.43. The normalized spacial score (nSPS) is 12.2. The number of nitrogens with zero attached hydrogens (tertiary/aromatic N) is 1. The molecule has 0 spiro atoms. The monoisotopic (exact) mass is 311 g/mol. The molecule has 0 radical (unpaired) electrons. The number of carbonyl (C=O) groups is 1. The third-order valence-electron chi connectivity index (χ3n) is 3.19. The Morgan fingerprint density at radius 2 is 2.10 bits per heavy atom. The van der Waals surface area contributed by atoms with Crippen molar-refractivity contribution in [2.24, 2.45) is 11.7 Å². The van der Waals surface area contributed by atoms with Crippen LogP contribution in [0.15, 0.2) is 28.8 Å². The highest BCUT2D eigenvalue weighted by atomic mass is 35.5. The van der Waals surface area contributed by atoms with Crippen molar-refractivity contribution in [3.63, 3.8) is 0 Å². The molecule has 116 valence electrons. The van der Waals surface area contributed by atoms with Crippen LogP contribution in [0.3, 0.4) is 0 Å². The van der Waals surface area contributed by atoms with E-state index in [-0.39, 0.29) is 30.8 Å². The van der Waals surface area contributed by atoms with Gasteiger partial charge in [0, 0.05) is 18.0 Å². The van der Waals surface area contributed by atoms with Crippen LogP contribution >= 0.6 is 12.4 Å². The maximum atomic E-state index is 12.1. The van der Waals surface area contributed by atoms with Gasteiger partial charge in [0.25, 0.3) is 0 Å². The number of nitrogens with one attached hydrogen (secondary N) is 1. The van der Waals surface area contributed by atoms with Crippen molar-refractivity contribution in [3.8, 4) is 0 Å². The van der Waals surface area contributed by atoms with Gasteiger partial charge in [-0.3, -0.25) is 4.79 Å². The molecule has 0 aliphatic heterocycles. The fraction of sp³-hybridized carbons (Fsp3) is 0.467. The minimum Gasteiger partial charge on any atom is -0.356 e. The van der Waals surface area contributed by atoms with Crippen LogP contribution in [0.5, 0.6) is 0 Å². The summed E-state index contributed by atoms with van der Waals surface area (Å²) in [4.78, 5) is 12.1. The first-order valence-electron chi connectivity index (χ1n) is 6.93. The van der Waals surface area contributed by atoms with E-state index in [0.717, 1.165) is 11.8 Å². The van der Waals surface area contributed by atoms with E-state index in [1.807, 2.05) is 24.3 Å². The van der Waals surface area contributed by atoms with Gasteiger partial charge in [0.15, 0.2) is 5.58 Å². The first-order chi connectivity index (χ1) is 9.60. The SMILES string of the molecule is CC(C)CC(CN)NC(=O)Cc1noc2ccccc12.Cl. The van der Waals surface area contributed by atoms with Gasteiger partial charge in [-0.2, -0.15) is 0 Å². The topological polar surface area (TPSA) is 81.1 Å². The quantitative estimate of drug-likeness (QED) is 0.857. The third-order valence-corrected chi connectivity index (χ3v) is 3.19. The highest BCUT2D eigenvalue weighted by molar-refractivity contribution is 5.86. The van der Waals surface area contributed by atoms with E-state index in [2.05, 4.69) is 24.3 Å². The van der Waals surface area contributed by atoms with Crippen molar-refractivity contribution in [3.05, 3.63) is 30.0 Å². The molecular formula is C15H22ClN3O2. The average Bonchev–Trinajstić information content (AvgIpc) is 2.81. The largest absolute Gasteiger partial charge is 0.356 e. The van der Waals surface area contributed by atoms with Crippen LogP contribution in [0.25, 0.3) is 11.0 Å². The molecule has 2 aromatic rings. The van der Waals surface area contributed by atoms with Gasteiger partial charge in [-0.1, -0.05) is 31.1 Å². The third kappa shape index (κ3) is 4.72. The Balaban J connectivity index is 0.00000220. The van der Waals surface area contributed by atoms with Gasteiger partial charge in [0.1, 0.15) is 5.69 Å². The van der Waals surface area contributed by atoms with Gasteiger partial charge in [0.2, 0.25) is 5.91 Å². The molecule has 5 nitrogen and oxygen atoms in total. The van der Waals surface area contributed by atoms with Crippen molar-refractivity contribution < 1.29 is 9.32 Å². The van der Waals surface area contributed by atoms with Crippen LogP contribution in [0.1, 0.15) is 26.0 Å². The Morgan fingerprint density at radius 3 is 2.76 bits per heavy atom. The molecule has 21 heavy (non-hydrogen) atoms. The van der Waals surface area contributed by atoms with Crippen LogP contribution < -0.4 is 11.1 Å². The number of aromatic nitrogens is 1. The van der Waals surface area contributed by atoms with Gasteiger partial charge in [-0.05, 0) is 24.5 Å². The summed E-state index contributed by atoms with van der Waals surface area (Å²) in [5, 5.41) is 7.80. The summed E-state index contributed by atoms with van der Waals surface area (Å²) >= 11 is 0. The molecule has 1 aromatic carbocycles. The van der Waals surface area contributed by atoms with E-state index in [1.54, 1.807) is 0 Å². The molecule has 6 heteroatoms. The van der Waals surface area contributed by atoms with Crippen LogP contribution in [-0.2, 0) is 11.2 Å². The Morgan fingerprint density at radius 1 is 1.38 bits per heavy atom. The molecule has 0 saturated carbocycles. The van der Waals surface area contributed by atoms with Crippen LogP contribution in [0, 0.1) is 5.92 Å². The fourth-order valence-electron chi connectivity index (χ4n) is 2.28. The van der Waals surface area contributed by atoms with Crippen molar-refractivity contribution in [1.82, 2.24) is 10.5 Å². The lowest BCUT2D eigenvalue weighted by molar-refractivity contribution is -0.121. The zero-order chi connectivity index (χ0) is 14.5. The van der Waals surface area contributed by atoms with Gasteiger partial charge in [-0.25, -0.2) is 0 Å². The summed E-state index contributed by atoms with van der Waals surface area (Å²) in [5.41, 5.74) is 7.05. The Bertz CT molecular complexity index is 583. The molecule has 3 N–H and O–H groups in total. The van der Waals surface area contributed by atoms with Crippen molar-refractivity contribution >= 4 is 29.3 Å². The van der Waals surface area contributed by atoms with Crippen molar-refractivity contribution in [2.45, 2.75) is 32.7 Å². The predicted octanol–water partition coefficient (Wildman–Crippen LogP) is 2.28. The molecule has 2 rings (SSSR count). The molecule has 1 atom stereocenters. The molecule has 1 aromatic heterocycles. The minimum atomic E-state index is -0.0693. The second-order valence-electron chi connectivity index (χ2n) is 5.43. The summed E-state index contributed by atoms with van der Waals surface area (Å²) in [6.45, 7) is 4.67. The zero-order valence-corrected chi connectivity index (χ0v) is 13.2. The van der Waals surface area contributed by atoms with E-state index in [1.165, 1.54) is 0 Å². The first kappa shape index (κ1) is 17.5. The van der Waals surface area contributed by atoms with E-state index >= 15 is 0 Å². The van der Waals surface area contributed by atoms with Crippen LogP contribution in [0.4, 0.5) is 0 Å². The average molecular weight is 312 g/mol. The molecular weight excluding hydrogens is 290 g/mol.